The van der Waals surface area contributed by atoms with Crippen LogP contribution in [0.1, 0.15) is 18.4 Å². The highest BCUT2D eigenvalue weighted by Crippen LogP contribution is 2.18. The Morgan fingerprint density at radius 1 is 1.41 bits per heavy atom. The van der Waals surface area contributed by atoms with E-state index in [2.05, 4.69) is 0 Å². The van der Waals surface area contributed by atoms with Gasteiger partial charge in [-0.2, -0.15) is 0 Å². The molecule has 1 aliphatic rings. The molecule has 0 aromatic heterocycles. The molecule has 22 heavy (non-hydrogen) atoms. The highest BCUT2D eigenvalue weighted by Gasteiger charge is 2.34. The van der Waals surface area contributed by atoms with Gasteiger partial charge in [0.1, 0.15) is 12.6 Å². The Kier molecular flexibility index (Phi) is 7.05. The number of amides is 1. The van der Waals surface area contributed by atoms with Gasteiger partial charge in [0.25, 0.3) is 0 Å². The van der Waals surface area contributed by atoms with E-state index >= 15 is 0 Å². The lowest BCUT2D eigenvalue weighted by Crippen LogP contribution is -2.40. The number of ether oxygens (including phenoxy) is 1. The van der Waals surface area contributed by atoms with Gasteiger partial charge >= 0.3 is 18.1 Å². The third-order valence-electron chi connectivity index (χ3n) is 3.02. The molecule has 1 aliphatic heterocycles. The van der Waals surface area contributed by atoms with Crippen LogP contribution in [0.25, 0.3) is 5.53 Å². The van der Waals surface area contributed by atoms with Crippen LogP contribution in [-0.2, 0) is 20.9 Å². The maximum absolute atomic E-state index is 11.8. The molecule has 1 amide bonds. The summed E-state index contributed by atoms with van der Waals surface area (Å²) in [5, 5.41) is 8.97. The van der Waals surface area contributed by atoms with Crippen molar-refractivity contribution >= 4 is 18.1 Å². The van der Waals surface area contributed by atoms with Crippen LogP contribution in [0.2, 0.25) is 0 Å². The van der Waals surface area contributed by atoms with Crippen molar-refractivity contribution in [1.82, 2.24) is 4.90 Å². The number of carboxylic acid groups (broad SMARTS) is 1. The van der Waals surface area contributed by atoms with Crippen LogP contribution < -0.4 is 0 Å². The molecule has 2 rings (SSSR count). The topological polar surface area (TPSA) is 120 Å². The second-order valence-electron chi connectivity index (χ2n) is 4.42. The predicted octanol–water partition coefficient (Wildman–Crippen LogP) is 1.42. The highest BCUT2D eigenvalue weighted by atomic mass is 16.6. The third kappa shape index (κ3) is 5.20. The third-order valence-corrected chi connectivity index (χ3v) is 3.02. The fourth-order valence-electron chi connectivity index (χ4n) is 2.04. The highest BCUT2D eigenvalue weighted by molar-refractivity contribution is 5.80. The Bertz CT molecular complexity index is 569. The molecule has 1 heterocycles. The van der Waals surface area contributed by atoms with Gasteiger partial charge in [0.2, 0.25) is 0 Å². The molecule has 0 spiro atoms. The van der Waals surface area contributed by atoms with E-state index in [4.69, 9.17) is 20.2 Å². The average molecular weight is 305 g/mol. The molecular formula is C14H15N3O5. The van der Waals surface area contributed by atoms with Gasteiger partial charge in [0.15, 0.2) is 0 Å². The van der Waals surface area contributed by atoms with E-state index in [-0.39, 0.29) is 6.61 Å². The summed E-state index contributed by atoms with van der Waals surface area (Å²) in [4.78, 5) is 34.6. The fourth-order valence-corrected chi connectivity index (χ4v) is 2.04. The summed E-state index contributed by atoms with van der Waals surface area (Å²) >= 11 is 0. The minimum Gasteiger partial charge on any atom is -0.480 e. The predicted molar refractivity (Wildman–Crippen MR) is 73.3 cm³/mol. The lowest BCUT2D eigenvalue weighted by Gasteiger charge is -2.20. The number of isocyanates is 1. The number of hydrogen-bond acceptors (Lipinski definition) is 4. The monoisotopic (exact) mass is 305 g/mol. The number of carbonyl (C=O) groups is 2. The lowest BCUT2D eigenvalue weighted by molar-refractivity contribution is -0.141. The quantitative estimate of drug-likeness (QED) is 0.392. The van der Waals surface area contributed by atoms with Crippen molar-refractivity contribution in [3.8, 4) is 0 Å². The normalized spacial score (nSPS) is 15.8. The standard InChI is InChI=1S/C13H15NO4.CN2O/c15-12(16)11-7-4-8-14(11)13(17)18-9-10-5-2-1-3-6-10;2-3-1-4/h1-3,5-6,11H,4,7-9H2,(H,15,16);/t11-;/m0./s1. The van der Waals surface area contributed by atoms with Gasteiger partial charge < -0.3 is 15.4 Å². The Morgan fingerprint density at radius 2 is 2.05 bits per heavy atom. The Hall–Kier alpha value is -2.95. The second-order valence-corrected chi connectivity index (χ2v) is 4.42. The first-order valence-electron chi connectivity index (χ1n) is 6.51. The number of hydrogen-bond donors (Lipinski definition) is 1. The molecule has 1 fully saturated rings. The van der Waals surface area contributed by atoms with E-state index in [9.17, 15) is 9.59 Å². The Balaban J connectivity index is 0.000000541. The number of carboxylic acids is 1. The van der Waals surface area contributed by atoms with Gasteiger partial charge in [-0.1, -0.05) is 35.1 Å². The zero-order valence-electron chi connectivity index (χ0n) is 11.7. The van der Waals surface area contributed by atoms with Crippen LogP contribution in [0.4, 0.5) is 4.79 Å². The number of carbonyl (C=O) groups excluding carboxylic acids is 2. The van der Waals surface area contributed by atoms with Crippen LogP contribution in [0.15, 0.2) is 30.3 Å². The van der Waals surface area contributed by atoms with Crippen LogP contribution in [-0.4, -0.2) is 45.5 Å². The van der Waals surface area contributed by atoms with Crippen molar-refractivity contribution in [2.45, 2.75) is 25.5 Å². The van der Waals surface area contributed by atoms with Gasteiger partial charge in [0.05, 0.1) is 0 Å². The van der Waals surface area contributed by atoms with E-state index in [1.54, 1.807) is 0 Å². The SMILES string of the molecule is O=C(O)[C@@H]1CCCN1C(=O)OCc1ccccc1.[N-]=[N+]=C=O. The molecule has 0 aliphatic carbocycles. The van der Waals surface area contributed by atoms with Gasteiger partial charge in [-0.25, -0.2) is 9.59 Å². The minimum absolute atomic E-state index is 0.169. The fraction of sp³-hybridized carbons (Fsp3) is 0.357. The molecule has 1 N–H and O–H groups in total. The number of aliphatic carboxylic acids is 1. The number of rotatable bonds is 3. The molecule has 1 aromatic rings. The summed E-state index contributed by atoms with van der Waals surface area (Å²) in [6.07, 6.45) is 1.51. The van der Waals surface area contributed by atoms with Crippen LogP contribution in [0.5, 0.6) is 0 Å². The van der Waals surface area contributed by atoms with Crippen molar-refractivity contribution in [3.63, 3.8) is 0 Å². The molecule has 1 saturated heterocycles. The van der Waals surface area contributed by atoms with Crippen LogP contribution >= 0.6 is 0 Å². The molecular weight excluding hydrogens is 290 g/mol. The molecule has 0 bridgehead atoms. The first-order valence-corrected chi connectivity index (χ1v) is 6.51. The van der Waals surface area contributed by atoms with E-state index in [1.165, 1.54) is 4.90 Å². The second kappa shape index (κ2) is 9.07. The van der Waals surface area contributed by atoms with Crippen molar-refractivity contribution in [2.75, 3.05) is 6.54 Å². The summed E-state index contributed by atoms with van der Waals surface area (Å²) in [6, 6.07) is 8.57. The Labute approximate surface area is 126 Å². The minimum atomic E-state index is -0.968. The van der Waals surface area contributed by atoms with Crippen LogP contribution in [0, 0.1) is 0 Å². The first kappa shape index (κ1) is 17.1. The van der Waals surface area contributed by atoms with Crippen molar-refractivity contribution in [2.24, 2.45) is 0 Å². The summed E-state index contributed by atoms with van der Waals surface area (Å²) in [6.45, 7) is 0.618. The number of benzene rings is 1. The molecule has 116 valence electrons. The van der Waals surface area contributed by atoms with E-state index in [0.29, 0.717) is 19.4 Å². The molecule has 8 nitrogen and oxygen atoms in total. The zero-order valence-corrected chi connectivity index (χ0v) is 11.7. The first-order chi connectivity index (χ1) is 10.6. The summed E-state index contributed by atoms with van der Waals surface area (Å²) in [7, 11) is 0. The van der Waals surface area contributed by atoms with Crippen LogP contribution in [0.3, 0.4) is 0 Å². The van der Waals surface area contributed by atoms with Gasteiger partial charge in [0, 0.05) is 6.54 Å². The molecule has 0 radical (unpaired) electrons. The van der Waals surface area contributed by atoms with Gasteiger partial charge in [-0.3, -0.25) is 4.90 Å². The molecule has 0 saturated carbocycles. The zero-order chi connectivity index (χ0) is 16.4. The lowest BCUT2D eigenvalue weighted by atomic mass is 10.2. The van der Waals surface area contributed by atoms with Gasteiger partial charge in [-0.05, 0) is 18.4 Å². The van der Waals surface area contributed by atoms with Gasteiger partial charge in [-0.15, -0.1) is 4.79 Å². The molecule has 0 unspecified atom stereocenters. The molecule has 8 heteroatoms. The molecule has 1 atom stereocenters. The summed E-state index contributed by atoms with van der Waals surface area (Å²) in [5.74, 6) is -0.968. The summed E-state index contributed by atoms with van der Waals surface area (Å²) < 4.78 is 5.12. The van der Waals surface area contributed by atoms with E-state index in [1.807, 2.05) is 35.1 Å². The number of nitrogens with zero attached hydrogens (tertiary/aromatic N) is 3. The smallest absolute Gasteiger partial charge is 0.480 e. The van der Waals surface area contributed by atoms with Crippen molar-refractivity contribution in [1.29, 1.82) is 0 Å². The Morgan fingerprint density at radius 3 is 2.59 bits per heavy atom. The van der Waals surface area contributed by atoms with E-state index in [0.717, 1.165) is 11.6 Å². The summed E-state index contributed by atoms with van der Waals surface area (Å²) in [5.41, 5.74) is 7.96. The van der Waals surface area contributed by atoms with Crippen molar-refractivity contribution < 1.29 is 29.0 Å². The largest absolute Gasteiger partial charge is 0.557 e. The number of likely N-dealkylation sites (tertiary alicyclic amines) is 1. The van der Waals surface area contributed by atoms with Crippen molar-refractivity contribution in [3.05, 3.63) is 41.4 Å². The maximum atomic E-state index is 11.8. The maximum Gasteiger partial charge on any atom is 0.557 e. The van der Waals surface area contributed by atoms with E-state index < -0.39 is 18.1 Å². The average Bonchev–Trinajstić information content (AvgIpc) is 3.04. The molecule has 1 aromatic carbocycles.